The number of alkyl halides is 3. The van der Waals surface area contributed by atoms with Gasteiger partial charge in [-0.15, -0.1) is 0 Å². The topological polar surface area (TPSA) is 39.9 Å². The smallest absolute Gasteiger partial charge is 0.296 e. The molecule has 2 heterocycles. The standard InChI is InChI=1S/C25H22F3N3/c26-25(27,28)22-10-4-8-20(15-22)24-21(9-5-11-30-24)16-23(31-12-1-2-13-31)19-7-3-6-18(14-19)17-29/h3-11,14-15,23H,1-2,12-13,16H2. The fraction of sp³-hybridized carbons (Fsp3) is 0.280. The van der Waals surface area contributed by atoms with Crippen molar-refractivity contribution < 1.29 is 13.2 Å². The van der Waals surface area contributed by atoms with Crippen LogP contribution in [0.4, 0.5) is 13.2 Å². The maximum absolute atomic E-state index is 13.2. The Hall–Kier alpha value is -3.17. The van der Waals surface area contributed by atoms with Crippen molar-refractivity contribution in [3.05, 3.63) is 89.1 Å². The summed E-state index contributed by atoms with van der Waals surface area (Å²) in [7, 11) is 0. The largest absolute Gasteiger partial charge is 0.416 e. The molecule has 0 spiro atoms. The van der Waals surface area contributed by atoms with Crippen LogP contribution in [-0.2, 0) is 12.6 Å². The van der Waals surface area contributed by atoms with E-state index in [1.807, 2.05) is 30.3 Å². The number of halogens is 3. The maximum Gasteiger partial charge on any atom is 0.416 e. The number of likely N-dealkylation sites (tertiary alicyclic amines) is 1. The first-order valence-electron chi connectivity index (χ1n) is 10.3. The van der Waals surface area contributed by atoms with Crippen LogP contribution >= 0.6 is 0 Å². The van der Waals surface area contributed by atoms with Crippen molar-refractivity contribution in [1.29, 1.82) is 5.26 Å². The average molecular weight is 421 g/mol. The van der Waals surface area contributed by atoms with E-state index >= 15 is 0 Å². The van der Waals surface area contributed by atoms with Crippen LogP contribution in [0.3, 0.4) is 0 Å². The highest BCUT2D eigenvalue weighted by Gasteiger charge is 2.31. The van der Waals surface area contributed by atoms with Crippen molar-refractivity contribution in [2.75, 3.05) is 13.1 Å². The summed E-state index contributed by atoms with van der Waals surface area (Å²) >= 11 is 0. The second-order valence-corrected chi connectivity index (χ2v) is 7.79. The number of benzene rings is 2. The highest BCUT2D eigenvalue weighted by atomic mass is 19.4. The van der Waals surface area contributed by atoms with E-state index in [0.717, 1.165) is 49.2 Å². The third-order valence-corrected chi connectivity index (χ3v) is 5.75. The summed E-state index contributed by atoms with van der Waals surface area (Å²) in [6.45, 7) is 1.92. The summed E-state index contributed by atoms with van der Waals surface area (Å²) in [5, 5.41) is 9.32. The summed E-state index contributed by atoms with van der Waals surface area (Å²) < 4.78 is 39.7. The molecule has 1 atom stereocenters. The first-order valence-corrected chi connectivity index (χ1v) is 10.3. The van der Waals surface area contributed by atoms with E-state index in [9.17, 15) is 18.4 Å². The lowest BCUT2D eigenvalue weighted by Crippen LogP contribution is -2.27. The van der Waals surface area contributed by atoms with Gasteiger partial charge in [-0.1, -0.05) is 30.3 Å². The molecule has 1 aliphatic heterocycles. The molecule has 6 heteroatoms. The van der Waals surface area contributed by atoms with E-state index < -0.39 is 11.7 Å². The average Bonchev–Trinajstić information content (AvgIpc) is 3.32. The van der Waals surface area contributed by atoms with Crippen molar-refractivity contribution in [3.8, 4) is 17.3 Å². The molecule has 3 aromatic rings. The van der Waals surface area contributed by atoms with Gasteiger partial charge >= 0.3 is 6.18 Å². The molecule has 2 aromatic carbocycles. The molecule has 4 rings (SSSR count). The summed E-state index contributed by atoms with van der Waals surface area (Å²) in [6.07, 6.45) is 0.0409. The van der Waals surface area contributed by atoms with E-state index in [-0.39, 0.29) is 6.04 Å². The molecule has 0 saturated carbocycles. The minimum atomic E-state index is -4.40. The third kappa shape index (κ3) is 4.78. The number of rotatable bonds is 5. The number of nitriles is 1. The van der Waals surface area contributed by atoms with Gasteiger partial charge in [-0.2, -0.15) is 18.4 Å². The van der Waals surface area contributed by atoms with E-state index in [2.05, 4.69) is 16.0 Å². The fourth-order valence-corrected chi connectivity index (χ4v) is 4.24. The van der Waals surface area contributed by atoms with Gasteiger partial charge in [-0.25, -0.2) is 0 Å². The predicted molar refractivity (Wildman–Crippen MR) is 113 cm³/mol. The number of aromatic nitrogens is 1. The van der Waals surface area contributed by atoms with Gasteiger partial charge in [0.2, 0.25) is 0 Å². The summed E-state index contributed by atoms with van der Waals surface area (Å²) in [4.78, 5) is 6.83. The van der Waals surface area contributed by atoms with Crippen LogP contribution in [0.2, 0.25) is 0 Å². The van der Waals surface area contributed by atoms with Gasteiger partial charge < -0.3 is 0 Å². The second-order valence-electron chi connectivity index (χ2n) is 7.79. The molecule has 1 aromatic heterocycles. The van der Waals surface area contributed by atoms with Gasteiger partial charge in [0.05, 0.1) is 22.9 Å². The lowest BCUT2D eigenvalue weighted by Gasteiger charge is -2.29. The number of pyridine rings is 1. The quantitative estimate of drug-likeness (QED) is 0.506. The predicted octanol–water partition coefficient (Wildman–Crippen LogP) is 6.02. The molecule has 158 valence electrons. The Morgan fingerprint density at radius 1 is 1.00 bits per heavy atom. The van der Waals surface area contributed by atoms with Gasteiger partial charge in [0, 0.05) is 17.8 Å². The minimum Gasteiger partial charge on any atom is -0.296 e. The summed E-state index contributed by atoms with van der Waals surface area (Å²) in [5.74, 6) is 0. The summed E-state index contributed by atoms with van der Waals surface area (Å²) in [5.41, 5.74) is 2.87. The molecular formula is C25H22F3N3. The zero-order valence-electron chi connectivity index (χ0n) is 16.9. The highest BCUT2D eigenvalue weighted by molar-refractivity contribution is 5.64. The van der Waals surface area contributed by atoms with E-state index in [1.165, 1.54) is 6.07 Å². The lowest BCUT2D eigenvalue weighted by atomic mass is 9.93. The van der Waals surface area contributed by atoms with Crippen molar-refractivity contribution in [2.24, 2.45) is 0 Å². The molecule has 1 fully saturated rings. The van der Waals surface area contributed by atoms with Crippen molar-refractivity contribution >= 4 is 0 Å². The molecule has 0 bridgehead atoms. The van der Waals surface area contributed by atoms with Crippen molar-refractivity contribution in [3.63, 3.8) is 0 Å². The number of hydrogen-bond acceptors (Lipinski definition) is 3. The van der Waals surface area contributed by atoms with Crippen LogP contribution in [0.15, 0.2) is 66.9 Å². The van der Waals surface area contributed by atoms with Gasteiger partial charge in [0.25, 0.3) is 0 Å². The first-order chi connectivity index (χ1) is 15.0. The van der Waals surface area contributed by atoms with E-state index in [1.54, 1.807) is 18.3 Å². The molecule has 3 nitrogen and oxygen atoms in total. The van der Waals surface area contributed by atoms with Gasteiger partial charge in [-0.05, 0) is 73.8 Å². The van der Waals surface area contributed by atoms with Crippen LogP contribution in [0.5, 0.6) is 0 Å². The molecule has 0 aliphatic carbocycles. The Bertz CT molecular complexity index is 1100. The van der Waals surface area contributed by atoms with Crippen LogP contribution < -0.4 is 0 Å². The first kappa shape index (κ1) is 21.1. The molecule has 1 unspecified atom stereocenters. The molecular weight excluding hydrogens is 399 g/mol. The minimum absolute atomic E-state index is 0.0320. The Kier molecular flexibility index (Phi) is 6.06. The molecule has 0 N–H and O–H groups in total. The summed E-state index contributed by atoms with van der Waals surface area (Å²) in [6, 6.07) is 18.9. The normalized spacial score (nSPS) is 15.5. The van der Waals surface area contributed by atoms with Crippen LogP contribution in [0, 0.1) is 11.3 Å². The molecule has 1 aliphatic rings. The fourth-order valence-electron chi connectivity index (χ4n) is 4.24. The SMILES string of the molecule is N#Cc1cccc(C(Cc2cccnc2-c2cccc(C(F)(F)F)c2)N2CCCC2)c1. The van der Waals surface area contributed by atoms with Gasteiger partial charge in [-0.3, -0.25) is 9.88 Å². The zero-order chi connectivity index (χ0) is 21.8. The molecule has 31 heavy (non-hydrogen) atoms. The molecule has 0 radical (unpaired) electrons. The van der Waals surface area contributed by atoms with Crippen molar-refractivity contribution in [1.82, 2.24) is 9.88 Å². The highest BCUT2D eigenvalue weighted by Crippen LogP contribution is 2.35. The third-order valence-electron chi connectivity index (χ3n) is 5.75. The number of nitrogens with zero attached hydrogens (tertiary/aromatic N) is 3. The van der Waals surface area contributed by atoms with E-state index in [0.29, 0.717) is 23.2 Å². The van der Waals surface area contributed by atoms with Crippen LogP contribution in [0.1, 0.15) is 41.1 Å². The molecule has 1 saturated heterocycles. The zero-order valence-corrected chi connectivity index (χ0v) is 16.9. The van der Waals surface area contributed by atoms with Crippen LogP contribution in [-0.4, -0.2) is 23.0 Å². The Balaban J connectivity index is 1.73. The maximum atomic E-state index is 13.2. The van der Waals surface area contributed by atoms with Crippen molar-refractivity contribution in [2.45, 2.75) is 31.5 Å². The van der Waals surface area contributed by atoms with Gasteiger partial charge in [0.15, 0.2) is 0 Å². The Morgan fingerprint density at radius 3 is 2.52 bits per heavy atom. The second kappa shape index (κ2) is 8.91. The Labute approximate surface area is 179 Å². The van der Waals surface area contributed by atoms with Gasteiger partial charge in [0.1, 0.15) is 0 Å². The Morgan fingerprint density at radius 2 is 1.77 bits per heavy atom. The monoisotopic (exact) mass is 421 g/mol. The van der Waals surface area contributed by atoms with E-state index in [4.69, 9.17) is 0 Å². The van der Waals surface area contributed by atoms with Crippen LogP contribution in [0.25, 0.3) is 11.3 Å². The molecule has 0 amide bonds. The number of hydrogen-bond donors (Lipinski definition) is 0. The lowest BCUT2D eigenvalue weighted by molar-refractivity contribution is -0.137.